The topological polar surface area (TPSA) is 49.4 Å². The van der Waals surface area contributed by atoms with E-state index in [1.165, 1.54) is 28.8 Å². The Morgan fingerprint density at radius 2 is 1.90 bits per heavy atom. The molecule has 1 unspecified atom stereocenters. The van der Waals surface area contributed by atoms with Crippen LogP contribution in [-0.4, -0.2) is 35.1 Å². The molecule has 2 aromatic carbocycles. The summed E-state index contributed by atoms with van der Waals surface area (Å²) in [7, 11) is 0. The van der Waals surface area contributed by atoms with Gasteiger partial charge in [0.1, 0.15) is 11.9 Å². The minimum absolute atomic E-state index is 0.0568. The van der Waals surface area contributed by atoms with E-state index in [1.54, 1.807) is 31.2 Å². The van der Waals surface area contributed by atoms with Crippen molar-refractivity contribution in [2.75, 3.05) is 12.3 Å². The minimum Gasteiger partial charge on any atom is -0.354 e. The largest absolute Gasteiger partial charge is 0.354 e. The summed E-state index contributed by atoms with van der Waals surface area (Å²) in [4.78, 5) is 27.0. The predicted molar refractivity (Wildman–Crippen MR) is 127 cm³/mol. The number of hydrogen-bond donors (Lipinski definition) is 1. The maximum atomic E-state index is 14.0. The van der Waals surface area contributed by atoms with E-state index in [-0.39, 0.29) is 29.9 Å². The lowest BCUT2D eigenvalue weighted by Gasteiger charge is -2.29. The van der Waals surface area contributed by atoms with Crippen molar-refractivity contribution in [3.8, 4) is 0 Å². The molecule has 0 bridgehead atoms. The molecule has 0 aliphatic heterocycles. The molecule has 4 nitrogen and oxygen atoms in total. The normalized spacial score (nSPS) is 11.8. The molecule has 0 aliphatic carbocycles. The zero-order valence-corrected chi connectivity index (χ0v) is 20.3. The van der Waals surface area contributed by atoms with Crippen LogP contribution in [0.2, 0.25) is 15.1 Å². The van der Waals surface area contributed by atoms with E-state index in [4.69, 9.17) is 34.8 Å². The summed E-state index contributed by atoms with van der Waals surface area (Å²) < 4.78 is 14.0. The smallest absolute Gasteiger partial charge is 0.242 e. The lowest BCUT2D eigenvalue weighted by molar-refractivity contribution is -0.138. The van der Waals surface area contributed by atoms with E-state index in [0.29, 0.717) is 32.7 Å². The quantitative estimate of drug-likeness (QED) is 0.433. The average molecular weight is 506 g/mol. The number of nitrogens with one attached hydrogen (secondary N) is 1. The summed E-state index contributed by atoms with van der Waals surface area (Å²) in [5.41, 5.74) is 1.03. The summed E-state index contributed by atoms with van der Waals surface area (Å²) in [6.07, 6.45) is 0.786. The Kier molecular flexibility index (Phi) is 10.4. The Bertz CT molecular complexity index is 909. The summed E-state index contributed by atoms with van der Waals surface area (Å²) in [6, 6.07) is 8.78. The molecule has 0 saturated carbocycles. The van der Waals surface area contributed by atoms with Gasteiger partial charge in [0.2, 0.25) is 11.8 Å². The van der Waals surface area contributed by atoms with Crippen LogP contribution in [-0.2, 0) is 21.9 Å². The van der Waals surface area contributed by atoms with Crippen LogP contribution in [0.25, 0.3) is 0 Å². The van der Waals surface area contributed by atoms with E-state index in [0.717, 1.165) is 6.42 Å². The summed E-state index contributed by atoms with van der Waals surface area (Å²) >= 11 is 19.5. The summed E-state index contributed by atoms with van der Waals surface area (Å²) in [5.74, 6) is -0.626. The van der Waals surface area contributed by atoms with Gasteiger partial charge in [-0.05, 0) is 43.2 Å². The lowest BCUT2D eigenvalue weighted by atomic mass is 10.1. The molecule has 0 heterocycles. The van der Waals surface area contributed by atoms with Crippen molar-refractivity contribution in [2.24, 2.45) is 0 Å². The highest BCUT2D eigenvalue weighted by Gasteiger charge is 2.26. The first-order chi connectivity index (χ1) is 14.7. The molecule has 1 atom stereocenters. The predicted octanol–water partition coefficient (Wildman–Crippen LogP) is 5.96. The number of hydrogen-bond acceptors (Lipinski definition) is 3. The van der Waals surface area contributed by atoms with Crippen LogP contribution in [0.4, 0.5) is 4.39 Å². The molecule has 1 N–H and O–H groups in total. The Morgan fingerprint density at radius 3 is 2.55 bits per heavy atom. The third-order valence-corrected chi connectivity index (χ3v) is 6.49. The van der Waals surface area contributed by atoms with Gasteiger partial charge in [0.15, 0.2) is 0 Å². The van der Waals surface area contributed by atoms with Crippen LogP contribution in [0.1, 0.15) is 31.4 Å². The van der Waals surface area contributed by atoms with Crippen molar-refractivity contribution in [2.45, 2.75) is 38.6 Å². The molecule has 0 radical (unpaired) electrons. The fourth-order valence-corrected chi connectivity index (χ4v) is 4.52. The fourth-order valence-electron chi connectivity index (χ4n) is 2.81. The maximum absolute atomic E-state index is 14.0. The first kappa shape index (κ1) is 25.8. The number of carbonyl (C=O) groups is 2. The first-order valence-electron chi connectivity index (χ1n) is 9.76. The molecule has 0 fully saturated rings. The highest BCUT2D eigenvalue weighted by molar-refractivity contribution is 7.99. The van der Waals surface area contributed by atoms with Crippen molar-refractivity contribution in [3.63, 3.8) is 0 Å². The van der Waals surface area contributed by atoms with Gasteiger partial charge in [0.05, 0.1) is 5.75 Å². The van der Waals surface area contributed by atoms with Gasteiger partial charge in [-0.2, -0.15) is 0 Å². The molecule has 0 aliphatic rings. The van der Waals surface area contributed by atoms with Gasteiger partial charge >= 0.3 is 0 Å². The second-order valence-electron chi connectivity index (χ2n) is 6.92. The second kappa shape index (κ2) is 12.5. The standard InChI is InChI=1S/C22H24Cl3FN2O2S/c1-3-9-27-22(30)14(2)28(11-15-7-8-16(23)10-19(15)25)21(29)13-31-12-17-18(24)5-4-6-20(17)26/h4-8,10,14H,3,9,11-13H2,1-2H3,(H,27,30). The van der Waals surface area contributed by atoms with E-state index in [9.17, 15) is 14.0 Å². The van der Waals surface area contributed by atoms with E-state index < -0.39 is 11.9 Å². The van der Waals surface area contributed by atoms with Crippen LogP contribution >= 0.6 is 46.6 Å². The number of rotatable bonds is 10. The van der Waals surface area contributed by atoms with Gasteiger partial charge in [0, 0.05) is 39.5 Å². The number of amides is 2. The first-order valence-corrected chi connectivity index (χ1v) is 12.0. The Labute approximate surface area is 201 Å². The summed E-state index contributed by atoms with van der Waals surface area (Å²) in [5, 5.41) is 4.03. The molecule has 2 amide bonds. The van der Waals surface area contributed by atoms with E-state index in [2.05, 4.69) is 5.32 Å². The third kappa shape index (κ3) is 7.56. The number of carbonyl (C=O) groups excluding carboxylic acids is 2. The van der Waals surface area contributed by atoms with Crippen molar-refractivity contribution in [1.29, 1.82) is 0 Å². The average Bonchev–Trinajstić information content (AvgIpc) is 2.73. The van der Waals surface area contributed by atoms with Crippen molar-refractivity contribution >= 4 is 58.4 Å². The highest BCUT2D eigenvalue weighted by atomic mass is 35.5. The maximum Gasteiger partial charge on any atom is 0.242 e. The van der Waals surface area contributed by atoms with E-state index >= 15 is 0 Å². The number of benzene rings is 2. The molecule has 31 heavy (non-hydrogen) atoms. The van der Waals surface area contributed by atoms with Crippen molar-refractivity contribution < 1.29 is 14.0 Å². The van der Waals surface area contributed by atoms with Gasteiger partial charge in [0.25, 0.3) is 0 Å². The molecule has 0 aromatic heterocycles. The van der Waals surface area contributed by atoms with Gasteiger partial charge in [-0.15, -0.1) is 11.8 Å². The van der Waals surface area contributed by atoms with Crippen LogP contribution < -0.4 is 5.32 Å². The fraction of sp³-hybridized carbons (Fsp3) is 0.364. The van der Waals surface area contributed by atoms with Gasteiger partial charge in [-0.3, -0.25) is 9.59 Å². The Morgan fingerprint density at radius 1 is 1.16 bits per heavy atom. The molecular formula is C22H24Cl3FN2O2S. The van der Waals surface area contributed by atoms with Crippen molar-refractivity contribution in [1.82, 2.24) is 10.2 Å². The number of nitrogens with zero attached hydrogens (tertiary/aromatic N) is 1. The van der Waals surface area contributed by atoms with Gasteiger partial charge < -0.3 is 10.2 Å². The third-order valence-electron chi connectivity index (χ3n) is 4.61. The molecule has 9 heteroatoms. The minimum atomic E-state index is -0.705. The Balaban J connectivity index is 2.14. The Hall–Kier alpha value is -1.47. The monoisotopic (exact) mass is 504 g/mol. The zero-order chi connectivity index (χ0) is 23.0. The molecule has 2 rings (SSSR count). The van der Waals surface area contributed by atoms with Gasteiger partial charge in [-0.25, -0.2) is 4.39 Å². The molecule has 0 saturated heterocycles. The van der Waals surface area contributed by atoms with Crippen LogP contribution in [0.15, 0.2) is 36.4 Å². The van der Waals surface area contributed by atoms with Crippen LogP contribution in [0, 0.1) is 5.82 Å². The SMILES string of the molecule is CCCNC(=O)C(C)N(Cc1ccc(Cl)cc1Cl)C(=O)CSCc1c(F)cccc1Cl. The second-order valence-corrected chi connectivity index (χ2v) is 9.15. The van der Waals surface area contributed by atoms with Gasteiger partial charge in [-0.1, -0.05) is 53.9 Å². The molecule has 0 spiro atoms. The summed E-state index contributed by atoms with van der Waals surface area (Å²) in [6.45, 7) is 4.29. The lowest BCUT2D eigenvalue weighted by Crippen LogP contribution is -2.48. The van der Waals surface area contributed by atoms with Crippen LogP contribution in [0.5, 0.6) is 0 Å². The molecule has 168 valence electrons. The molecule has 2 aromatic rings. The number of halogens is 4. The number of thioether (sulfide) groups is 1. The van der Waals surface area contributed by atoms with Crippen molar-refractivity contribution in [3.05, 3.63) is 68.4 Å². The highest BCUT2D eigenvalue weighted by Crippen LogP contribution is 2.26. The van der Waals surface area contributed by atoms with E-state index in [1.807, 2.05) is 6.92 Å². The zero-order valence-electron chi connectivity index (χ0n) is 17.3. The van der Waals surface area contributed by atoms with Crippen LogP contribution in [0.3, 0.4) is 0 Å². The molecular weight excluding hydrogens is 482 g/mol.